The average Bonchev–Trinajstić information content (AvgIpc) is 2.41. The Morgan fingerprint density at radius 3 is 2.50 bits per heavy atom. The lowest BCUT2D eigenvalue weighted by Gasteiger charge is -2.19. The highest BCUT2D eigenvalue weighted by atomic mass is 19.1. The molecule has 1 N–H and O–H groups in total. The van der Waals surface area contributed by atoms with E-state index < -0.39 is 17.5 Å². The second kappa shape index (κ2) is 6.56. The van der Waals surface area contributed by atoms with Crippen molar-refractivity contribution in [1.82, 2.24) is 0 Å². The fourth-order valence-corrected chi connectivity index (χ4v) is 1.92. The van der Waals surface area contributed by atoms with Gasteiger partial charge in [0, 0.05) is 11.6 Å². The number of hydrogen-bond acceptors (Lipinski definition) is 2. The largest absolute Gasteiger partial charge is 0.444 e. The highest BCUT2D eigenvalue weighted by Crippen LogP contribution is 2.14. The van der Waals surface area contributed by atoms with Crippen LogP contribution in [0.3, 0.4) is 0 Å². The molecule has 0 radical (unpaired) electrons. The van der Waals surface area contributed by atoms with Crippen LogP contribution >= 0.6 is 0 Å². The molecule has 5 heteroatoms. The van der Waals surface area contributed by atoms with Gasteiger partial charge in [-0.15, -0.1) is 0 Å². The third-order valence-electron chi connectivity index (χ3n) is 2.81. The van der Waals surface area contributed by atoms with E-state index in [1.165, 1.54) is 12.3 Å². The molecule has 0 aliphatic carbocycles. The molecule has 1 heterocycles. The molecule has 1 amide bonds. The summed E-state index contributed by atoms with van der Waals surface area (Å²) in [5.74, 6) is -0.510. The summed E-state index contributed by atoms with van der Waals surface area (Å²) in [6.07, 6.45) is 2.38. The first-order valence-corrected chi connectivity index (χ1v) is 7.06. The van der Waals surface area contributed by atoms with Gasteiger partial charge < -0.3 is 4.74 Å². The van der Waals surface area contributed by atoms with Gasteiger partial charge in [0.15, 0.2) is 12.7 Å². The van der Waals surface area contributed by atoms with Crippen LogP contribution in [0, 0.1) is 5.82 Å². The van der Waals surface area contributed by atoms with Gasteiger partial charge in [-0.3, -0.25) is 5.32 Å². The maximum Gasteiger partial charge on any atom is 0.412 e. The molecule has 1 aromatic heterocycles. The maximum absolute atomic E-state index is 14.1. The van der Waals surface area contributed by atoms with Gasteiger partial charge in [0.2, 0.25) is 12.0 Å². The third kappa shape index (κ3) is 4.84. The molecule has 0 fully saturated rings. The van der Waals surface area contributed by atoms with E-state index in [9.17, 15) is 9.18 Å². The SMILES string of the molecule is CC(C)(C)OC(=O)Nc1cc[n+](Cc2ccccc2)cc1F. The van der Waals surface area contributed by atoms with Crippen LogP contribution < -0.4 is 9.88 Å². The molecule has 0 aliphatic heterocycles. The van der Waals surface area contributed by atoms with Gasteiger partial charge in [-0.2, -0.15) is 8.96 Å². The zero-order chi connectivity index (χ0) is 16.2. The number of amides is 1. The molecule has 1 aromatic carbocycles. The molecule has 0 spiro atoms. The minimum absolute atomic E-state index is 0.0959. The maximum atomic E-state index is 14.1. The third-order valence-corrected chi connectivity index (χ3v) is 2.81. The van der Waals surface area contributed by atoms with Gasteiger partial charge in [-0.1, -0.05) is 30.3 Å². The molecular weight excluding hydrogens is 283 g/mol. The number of nitrogens with one attached hydrogen (secondary N) is 1. The molecule has 2 rings (SSSR count). The first-order chi connectivity index (χ1) is 10.3. The smallest absolute Gasteiger partial charge is 0.412 e. The molecule has 2 aromatic rings. The average molecular weight is 303 g/mol. The highest BCUT2D eigenvalue weighted by molar-refractivity contribution is 5.84. The van der Waals surface area contributed by atoms with Crippen LogP contribution in [0.4, 0.5) is 14.9 Å². The Balaban J connectivity index is 2.05. The minimum atomic E-state index is -0.674. The molecule has 0 aliphatic rings. The molecule has 22 heavy (non-hydrogen) atoms. The van der Waals surface area contributed by atoms with Crippen molar-refractivity contribution in [3.8, 4) is 0 Å². The van der Waals surface area contributed by atoms with Crippen LogP contribution in [0.5, 0.6) is 0 Å². The van der Waals surface area contributed by atoms with E-state index in [0.717, 1.165) is 5.56 Å². The number of rotatable bonds is 3. The Morgan fingerprint density at radius 2 is 1.91 bits per heavy atom. The van der Waals surface area contributed by atoms with Gasteiger partial charge in [-0.25, -0.2) is 4.79 Å². The van der Waals surface area contributed by atoms with E-state index in [-0.39, 0.29) is 5.69 Å². The topological polar surface area (TPSA) is 42.2 Å². The van der Waals surface area contributed by atoms with Crippen molar-refractivity contribution >= 4 is 11.8 Å². The second-order valence-corrected chi connectivity index (χ2v) is 5.99. The Bertz CT molecular complexity index is 651. The molecule has 0 saturated carbocycles. The summed E-state index contributed by atoms with van der Waals surface area (Å²) < 4.78 is 20.9. The number of benzene rings is 1. The number of halogens is 1. The summed E-state index contributed by atoms with van der Waals surface area (Å²) in [6.45, 7) is 5.82. The van der Waals surface area contributed by atoms with E-state index in [4.69, 9.17) is 4.74 Å². The number of nitrogens with zero attached hydrogens (tertiary/aromatic N) is 1. The van der Waals surface area contributed by atoms with E-state index >= 15 is 0 Å². The Kier molecular flexibility index (Phi) is 4.75. The number of ether oxygens (including phenoxy) is 1. The van der Waals surface area contributed by atoms with Gasteiger partial charge >= 0.3 is 6.09 Å². The van der Waals surface area contributed by atoms with Gasteiger partial charge in [0.1, 0.15) is 5.60 Å². The van der Waals surface area contributed by atoms with Crippen molar-refractivity contribution in [3.05, 3.63) is 60.2 Å². The van der Waals surface area contributed by atoms with Crippen LogP contribution in [0.2, 0.25) is 0 Å². The summed E-state index contributed by atoms with van der Waals surface area (Å²) >= 11 is 0. The van der Waals surface area contributed by atoms with Crippen LogP contribution in [0.15, 0.2) is 48.8 Å². The Labute approximate surface area is 129 Å². The van der Waals surface area contributed by atoms with Gasteiger partial charge in [0.25, 0.3) is 0 Å². The Morgan fingerprint density at radius 1 is 1.23 bits per heavy atom. The number of hydrogen-bond donors (Lipinski definition) is 1. The molecule has 0 atom stereocenters. The Hall–Kier alpha value is -2.43. The summed E-state index contributed by atoms with van der Waals surface area (Å²) in [5.41, 5.74) is 0.543. The van der Waals surface area contributed by atoms with E-state index in [1.54, 1.807) is 31.5 Å². The minimum Gasteiger partial charge on any atom is -0.444 e. The number of pyridine rings is 1. The first-order valence-electron chi connectivity index (χ1n) is 7.06. The van der Waals surface area contributed by atoms with E-state index in [2.05, 4.69) is 5.32 Å². The molecule has 0 unspecified atom stereocenters. The predicted octanol–water partition coefficient (Wildman–Crippen LogP) is 3.51. The molecule has 0 bridgehead atoms. The quantitative estimate of drug-likeness (QED) is 0.882. The van der Waals surface area contributed by atoms with Crippen LogP contribution in [-0.2, 0) is 11.3 Å². The summed E-state index contributed by atoms with van der Waals surface area (Å²) in [4.78, 5) is 11.6. The van der Waals surface area contributed by atoms with Crippen molar-refractivity contribution in [2.45, 2.75) is 32.9 Å². The lowest BCUT2D eigenvalue weighted by Crippen LogP contribution is -2.34. The van der Waals surface area contributed by atoms with Gasteiger partial charge in [-0.05, 0) is 20.8 Å². The molecular formula is C17H20FN2O2+. The zero-order valence-corrected chi connectivity index (χ0v) is 13.0. The molecule has 116 valence electrons. The van der Waals surface area contributed by atoms with Crippen LogP contribution in [0.25, 0.3) is 0 Å². The monoisotopic (exact) mass is 303 g/mol. The molecule has 0 saturated heterocycles. The fraction of sp³-hybridized carbons (Fsp3) is 0.294. The fourth-order valence-electron chi connectivity index (χ4n) is 1.92. The molecule has 4 nitrogen and oxygen atoms in total. The van der Waals surface area contributed by atoms with E-state index in [0.29, 0.717) is 6.54 Å². The van der Waals surface area contributed by atoms with Crippen molar-refractivity contribution < 1.29 is 18.5 Å². The van der Waals surface area contributed by atoms with Gasteiger partial charge in [0.05, 0.1) is 5.69 Å². The van der Waals surface area contributed by atoms with Crippen molar-refractivity contribution in [1.29, 1.82) is 0 Å². The first kappa shape index (κ1) is 15.9. The zero-order valence-electron chi connectivity index (χ0n) is 13.0. The van der Waals surface area contributed by atoms with Crippen LogP contribution in [-0.4, -0.2) is 11.7 Å². The number of aromatic nitrogens is 1. The summed E-state index contributed by atoms with van der Waals surface area (Å²) in [5, 5.41) is 2.41. The normalized spacial score (nSPS) is 11.1. The standard InChI is InChI=1S/C17H19FN2O2/c1-17(2,3)22-16(21)19-15-9-10-20(12-14(15)18)11-13-7-5-4-6-8-13/h4-10,12H,11H2,1-3H3/p+1. The van der Waals surface area contributed by atoms with Crippen molar-refractivity contribution in [2.24, 2.45) is 0 Å². The lowest BCUT2D eigenvalue weighted by atomic mass is 10.2. The highest BCUT2D eigenvalue weighted by Gasteiger charge is 2.18. The number of carbonyl (C=O) groups excluding carboxylic acids is 1. The summed E-state index contributed by atoms with van der Waals surface area (Å²) in [6, 6.07) is 11.3. The van der Waals surface area contributed by atoms with Crippen LogP contribution in [0.1, 0.15) is 26.3 Å². The van der Waals surface area contributed by atoms with Crippen molar-refractivity contribution in [3.63, 3.8) is 0 Å². The lowest BCUT2D eigenvalue weighted by molar-refractivity contribution is -0.689. The van der Waals surface area contributed by atoms with Crippen molar-refractivity contribution in [2.75, 3.05) is 5.32 Å². The van der Waals surface area contributed by atoms with E-state index in [1.807, 2.05) is 30.3 Å². The second-order valence-electron chi connectivity index (χ2n) is 5.99. The predicted molar refractivity (Wildman–Crippen MR) is 82.0 cm³/mol. The number of carbonyl (C=O) groups is 1. The summed E-state index contributed by atoms with van der Waals surface area (Å²) in [7, 11) is 0. The number of anilines is 1.